The first-order valence-corrected chi connectivity index (χ1v) is 4.44. The maximum absolute atomic E-state index is 5.85. The zero-order chi connectivity index (χ0) is 8.77. The highest BCUT2D eigenvalue weighted by Crippen LogP contribution is 2.23. The van der Waals surface area contributed by atoms with Crippen LogP contribution in [-0.4, -0.2) is 4.45 Å². The lowest BCUT2D eigenvalue weighted by Gasteiger charge is -2.02. The molecule has 0 amide bonds. The monoisotopic (exact) mass is 218 g/mol. The van der Waals surface area contributed by atoms with Crippen LogP contribution < -0.4 is 10.7 Å². The number of benzene rings is 1. The van der Waals surface area contributed by atoms with Crippen LogP contribution in [0, 0.1) is 0 Å². The van der Waals surface area contributed by atoms with Crippen molar-refractivity contribution < 1.29 is 0 Å². The third-order valence-electron chi connectivity index (χ3n) is 1.48. The van der Waals surface area contributed by atoms with Gasteiger partial charge >= 0.3 is 0 Å². The quantitative estimate of drug-likeness (QED) is 0.387. The second-order valence-electron chi connectivity index (χ2n) is 2.38. The molecule has 0 radical (unpaired) electrons. The summed E-state index contributed by atoms with van der Waals surface area (Å²) < 4.78 is -1.17. The lowest BCUT2D eigenvalue weighted by molar-refractivity contribution is 0.898. The molecule has 1 aromatic rings. The molecule has 12 heavy (non-hydrogen) atoms. The van der Waals surface area contributed by atoms with Gasteiger partial charge in [-0.3, -0.25) is 0 Å². The summed E-state index contributed by atoms with van der Waals surface area (Å²) in [6.07, 6.45) is 0. The average Bonchev–Trinajstić information content (AvgIpc) is 2.25. The van der Waals surface area contributed by atoms with Gasteiger partial charge in [-0.2, -0.15) is 0 Å². The number of thiol groups is 1. The van der Waals surface area contributed by atoms with Crippen LogP contribution in [0.4, 0.5) is 0 Å². The Morgan fingerprint density at radius 1 is 1.33 bits per heavy atom. The van der Waals surface area contributed by atoms with E-state index in [0.717, 1.165) is 0 Å². The van der Waals surface area contributed by atoms with Gasteiger partial charge in [0, 0.05) is 0 Å². The van der Waals surface area contributed by atoms with Crippen molar-refractivity contribution in [2.75, 3.05) is 0 Å². The fourth-order valence-electron chi connectivity index (χ4n) is 1.03. The van der Waals surface area contributed by atoms with Gasteiger partial charge in [-0.1, -0.05) is 29.3 Å². The summed E-state index contributed by atoms with van der Waals surface area (Å²) in [7, 11) is 0. The van der Waals surface area contributed by atoms with Gasteiger partial charge in [-0.15, -0.1) is 12.6 Å². The summed E-state index contributed by atoms with van der Waals surface area (Å²) in [5.41, 5.74) is 0. The Balaban J connectivity index is 2.86. The largest absolute Gasteiger partial charge is 0.273 e. The predicted molar refractivity (Wildman–Crippen MR) is 51.3 cm³/mol. The van der Waals surface area contributed by atoms with E-state index in [-0.39, 0.29) is 0 Å². The molecule has 0 fully saturated rings. The first-order valence-electron chi connectivity index (χ1n) is 3.24. The number of rotatable bonds is 0. The molecule has 0 aliphatic carbocycles. The van der Waals surface area contributed by atoms with Crippen LogP contribution in [-0.2, 0) is 0 Å². The second-order valence-corrected chi connectivity index (χ2v) is 4.21. The molecule has 0 saturated carbocycles. The van der Waals surface area contributed by atoms with Crippen molar-refractivity contribution in [3.8, 4) is 0 Å². The molecule has 2 rings (SSSR count). The zero-order valence-corrected chi connectivity index (χ0v) is 8.24. The molecule has 62 valence electrons. The Morgan fingerprint density at radius 3 is 2.75 bits per heavy atom. The molecule has 5 heteroatoms. The van der Waals surface area contributed by atoms with Crippen molar-refractivity contribution >= 4 is 35.8 Å². The van der Waals surface area contributed by atoms with Crippen molar-refractivity contribution in [2.45, 2.75) is 4.45 Å². The van der Waals surface area contributed by atoms with Crippen LogP contribution in [0.15, 0.2) is 28.2 Å². The molecule has 1 atom stereocenters. The molecule has 0 bridgehead atoms. The molecule has 0 saturated heterocycles. The summed E-state index contributed by atoms with van der Waals surface area (Å²) in [5, 5.41) is 1.85. The molecule has 0 aromatic heterocycles. The van der Waals surface area contributed by atoms with Crippen LogP contribution in [0.2, 0.25) is 5.02 Å². The van der Waals surface area contributed by atoms with E-state index in [4.69, 9.17) is 23.2 Å². The van der Waals surface area contributed by atoms with E-state index in [2.05, 4.69) is 22.6 Å². The van der Waals surface area contributed by atoms with Crippen LogP contribution in [0.1, 0.15) is 0 Å². The second kappa shape index (κ2) is 2.62. The lowest BCUT2D eigenvalue weighted by atomic mass is 10.3. The van der Waals surface area contributed by atoms with Crippen molar-refractivity contribution in [3.63, 3.8) is 0 Å². The molecule has 2 nitrogen and oxygen atoms in total. The van der Waals surface area contributed by atoms with Crippen molar-refractivity contribution in [1.82, 2.24) is 0 Å². The Morgan fingerprint density at radius 2 is 2.08 bits per heavy atom. The van der Waals surface area contributed by atoms with E-state index in [1.807, 2.05) is 0 Å². The van der Waals surface area contributed by atoms with Crippen molar-refractivity contribution in [2.24, 2.45) is 9.98 Å². The Labute approximate surface area is 84.3 Å². The SMILES string of the molecule is SC1(Cl)N=c2cccc(Cl)c2=N1. The molecular formula is C7H4Cl2N2S. The fourth-order valence-corrected chi connectivity index (χ4v) is 1.62. The van der Waals surface area contributed by atoms with Gasteiger partial charge in [-0.05, 0) is 12.1 Å². The maximum Gasteiger partial charge on any atom is 0.273 e. The van der Waals surface area contributed by atoms with Crippen LogP contribution >= 0.6 is 35.8 Å². The molecule has 1 aliphatic heterocycles. The standard InChI is InChI=1S/C7H4Cl2N2S/c8-4-2-1-3-5-6(4)11-7(9,12)10-5/h1-3,12H. The highest BCUT2D eigenvalue weighted by molar-refractivity contribution is 7.83. The molecule has 1 unspecified atom stereocenters. The van der Waals surface area contributed by atoms with Crippen LogP contribution in [0.25, 0.3) is 0 Å². The summed E-state index contributed by atoms with van der Waals surface area (Å²) in [4.78, 5) is 8.04. The zero-order valence-electron chi connectivity index (χ0n) is 5.83. The number of halogens is 2. The minimum atomic E-state index is -1.17. The van der Waals surface area contributed by atoms with Gasteiger partial charge in [0.05, 0.1) is 10.4 Å². The molecule has 1 aliphatic rings. The molecule has 0 spiro atoms. The fraction of sp³-hybridized carbons (Fsp3) is 0.143. The van der Waals surface area contributed by atoms with Crippen molar-refractivity contribution in [1.29, 1.82) is 0 Å². The maximum atomic E-state index is 5.85. The molecule has 1 aromatic carbocycles. The minimum Gasteiger partial charge on any atom is -0.229 e. The summed E-state index contributed by atoms with van der Waals surface area (Å²) in [6, 6.07) is 5.34. The van der Waals surface area contributed by atoms with Gasteiger partial charge in [0.15, 0.2) is 0 Å². The number of para-hydroxylation sites is 1. The smallest absolute Gasteiger partial charge is 0.229 e. The van der Waals surface area contributed by atoms with Crippen molar-refractivity contribution in [3.05, 3.63) is 33.9 Å². The first-order chi connectivity index (χ1) is 5.58. The van der Waals surface area contributed by atoms with E-state index < -0.39 is 4.45 Å². The Kier molecular flexibility index (Phi) is 1.82. The summed E-state index contributed by atoms with van der Waals surface area (Å²) in [6.45, 7) is 0. The summed E-state index contributed by atoms with van der Waals surface area (Å²) in [5.74, 6) is 0. The van der Waals surface area contributed by atoms with Gasteiger partial charge in [0.25, 0.3) is 4.45 Å². The van der Waals surface area contributed by atoms with E-state index in [1.54, 1.807) is 18.2 Å². The number of hydrogen-bond acceptors (Lipinski definition) is 3. The third-order valence-corrected chi connectivity index (χ3v) is 2.16. The first kappa shape index (κ1) is 8.35. The highest BCUT2D eigenvalue weighted by Gasteiger charge is 2.22. The Bertz CT molecular complexity index is 441. The lowest BCUT2D eigenvalue weighted by Crippen LogP contribution is -2.21. The van der Waals surface area contributed by atoms with E-state index in [0.29, 0.717) is 15.7 Å². The highest BCUT2D eigenvalue weighted by atomic mass is 35.5. The van der Waals surface area contributed by atoms with Gasteiger partial charge < -0.3 is 0 Å². The predicted octanol–water partition coefficient (Wildman–Crippen LogP) is 1.37. The average molecular weight is 219 g/mol. The van der Waals surface area contributed by atoms with E-state index in [1.165, 1.54) is 0 Å². The molecule has 0 N–H and O–H groups in total. The number of fused-ring (bicyclic) bond motifs is 1. The number of alkyl halides is 1. The topological polar surface area (TPSA) is 24.7 Å². The normalized spacial score (nSPS) is 25.9. The number of nitrogens with zero attached hydrogens (tertiary/aromatic N) is 2. The minimum absolute atomic E-state index is 0.549. The van der Waals surface area contributed by atoms with Crippen LogP contribution in [0.5, 0.6) is 0 Å². The van der Waals surface area contributed by atoms with Crippen LogP contribution in [0.3, 0.4) is 0 Å². The Hall–Kier alpha value is -0.250. The third kappa shape index (κ3) is 1.32. The molecular weight excluding hydrogens is 215 g/mol. The van der Waals surface area contributed by atoms with Gasteiger partial charge in [0.2, 0.25) is 0 Å². The molecule has 1 heterocycles. The van der Waals surface area contributed by atoms with E-state index in [9.17, 15) is 0 Å². The number of hydrogen-bond donors (Lipinski definition) is 1. The van der Waals surface area contributed by atoms with Gasteiger partial charge in [0.1, 0.15) is 5.36 Å². The summed E-state index contributed by atoms with van der Waals surface area (Å²) >= 11 is 15.6. The van der Waals surface area contributed by atoms with Gasteiger partial charge in [-0.25, -0.2) is 9.98 Å². The van der Waals surface area contributed by atoms with E-state index >= 15 is 0 Å².